The van der Waals surface area contributed by atoms with Crippen LogP contribution in [-0.4, -0.2) is 11.6 Å². The van der Waals surface area contributed by atoms with Crippen molar-refractivity contribution in [2.24, 2.45) is 5.73 Å². The van der Waals surface area contributed by atoms with Gasteiger partial charge in [-0.25, -0.2) is 0 Å². The second-order valence-corrected chi connectivity index (χ2v) is 4.06. The molecule has 1 aliphatic carbocycles. The van der Waals surface area contributed by atoms with Gasteiger partial charge >= 0.3 is 0 Å². The molecule has 2 rings (SSSR count). The Labute approximate surface area is 89.1 Å². The lowest BCUT2D eigenvalue weighted by molar-refractivity contribution is 0.377. The fraction of sp³-hybridized carbons (Fsp3) is 0.364. The summed E-state index contributed by atoms with van der Waals surface area (Å²) in [4.78, 5) is 0.394. The highest BCUT2D eigenvalue weighted by molar-refractivity contribution is 7.80. The van der Waals surface area contributed by atoms with Crippen LogP contribution in [-0.2, 0) is 12.8 Å². The number of rotatable bonds is 3. The highest BCUT2D eigenvalue weighted by Crippen LogP contribution is 2.25. The number of aryl methyl sites for hydroxylation is 2. The van der Waals surface area contributed by atoms with Gasteiger partial charge in [-0.05, 0) is 42.5 Å². The summed E-state index contributed by atoms with van der Waals surface area (Å²) in [6, 6.07) is 6.22. The monoisotopic (exact) mass is 207 g/mol. The minimum Gasteiger partial charge on any atom is -0.486 e. The van der Waals surface area contributed by atoms with Gasteiger partial charge in [-0.3, -0.25) is 0 Å². The quantitative estimate of drug-likeness (QED) is 0.768. The van der Waals surface area contributed by atoms with Gasteiger partial charge < -0.3 is 10.5 Å². The van der Waals surface area contributed by atoms with Crippen LogP contribution < -0.4 is 10.5 Å². The van der Waals surface area contributed by atoms with Crippen LogP contribution in [0, 0.1) is 0 Å². The summed E-state index contributed by atoms with van der Waals surface area (Å²) in [6.07, 6.45) is 3.62. The third-order valence-corrected chi connectivity index (χ3v) is 2.57. The van der Waals surface area contributed by atoms with Gasteiger partial charge in [0.15, 0.2) is 0 Å². The van der Waals surface area contributed by atoms with Gasteiger partial charge in [0, 0.05) is 0 Å². The van der Waals surface area contributed by atoms with Gasteiger partial charge in [-0.2, -0.15) is 0 Å². The van der Waals surface area contributed by atoms with Crippen molar-refractivity contribution in [1.29, 1.82) is 0 Å². The van der Waals surface area contributed by atoms with Crippen molar-refractivity contribution in [1.82, 2.24) is 0 Å². The molecule has 2 N–H and O–H groups in total. The molecule has 0 radical (unpaired) electrons. The number of ether oxygens (including phenoxy) is 1. The second kappa shape index (κ2) is 3.96. The zero-order valence-corrected chi connectivity index (χ0v) is 8.77. The fourth-order valence-electron chi connectivity index (χ4n) is 1.79. The average Bonchev–Trinajstić information content (AvgIpc) is 2.61. The van der Waals surface area contributed by atoms with E-state index in [1.165, 1.54) is 30.4 Å². The Balaban J connectivity index is 2.09. The molecule has 0 atom stereocenters. The average molecular weight is 207 g/mol. The summed E-state index contributed by atoms with van der Waals surface area (Å²) in [5.74, 6) is 0.874. The van der Waals surface area contributed by atoms with Crippen LogP contribution in [0.1, 0.15) is 17.5 Å². The summed E-state index contributed by atoms with van der Waals surface area (Å²) in [6.45, 7) is 0.328. The first-order valence-electron chi connectivity index (χ1n) is 4.78. The highest BCUT2D eigenvalue weighted by atomic mass is 32.1. The summed E-state index contributed by atoms with van der Waals surface area (Å²) in [7, 11) is 0. The summed E-state index contributed by atoms with van der Waals surface area (Å²) in [5, 5.41) is 0. The van der Waals surface area contributed by atoms with E-state index in [9.17, 15) is 0 Å². The molecule has 0 spiro atoms. The van der Waals surface area contributed by atoms with E-state index in [1.807, 2.05) is 6.07 Å². The second-order valence-electron chi connectivity index (χ2n) is 3.54. The van der Waals surface area contributed by atoms with E-state index < -0.39 is 0 Å². The van der Waals surface area contributed by atoms with Gasteiger partial charge in [-0.15, -0.1) is 0 Å². The first kappa shape index (κ1) is 9.46. The fourth-order valence-corrected chi connectivity index (χ4v) is 1.85. The van der Waals surface area contributed by atoms with Crippen LogP contribution in [0.25, 0.3) is 0 Å². The SMILES string of the molecule is NC(=S)COc1ccc2c(c1)CCC2. The van der Waals surface area contributed by atoms with Gasteiger partial charge in [0.1, 0.15) is 17.3 Å². The molecule has 1 aliphatic rings. The molecule has 0 fully saturated rings. The molecule has 0 unspecified atom stereocenters. The maximum absolute atomic E-state index is 5.43. The lowest BCUT2D eigenvalue weighted by Gasteiger charge is -2.06. The third kappa shape index (κ3) is 2.04. The van der Waals surface area contributed by atoms with Crippen LogP contribution in [0.15, 0.2) is 18.2 Å². The van der Waals surface area contributed by atoms with E-state index in [-0.39, 0.29) is 0 Å². The molecule has 0 amide bonds. The minimum absolute atomic E-state index is 0.328. The number of hydrogen-bond acceptors (Lipinski definition) is 2. The Morgan fingerprint density at radius 2 is 2.14 bits per heavy atom. The van der Waals surface area contributed by atoms with Crippen LogP contribution >= 0.6 is 12.2 Å². The van der Waals surface area contributed by atoms with Gasteiger partial charge in [0.25, 0.3) is 0 Å². The molecule has 0 aromatic heterocycles. The van der Waals surface area contributed by atoms with Crippen molar-refractivity contribution < 1.29 is 4.74 Å². The third-order valence-electron chi connectivity index (χ3n) is 2.45. The van der Waals surface area contributed by atoms with Crippen LogP contribution in [0.4, 0.5) is 0 Å². The van der Waals surface area contributed by atoms with Crippen molar-refractivity contribution in [2.45, 2.75) is 19.3 Å². The molecule has 0 heterocycles. The Morgan fingerprint density at radius 3 is 2.93 bits per heavy atom. The zero-order valence-electron chi connectivity index (χ0n) is 7.95. The lowest BCUT2D eigenvalue weighted by atomic mass is 10.1. The molecule has 1 aromatic rings. The molecule has 14 heavy (non-hydrogen) atoms. The normalized spacial score (nSPS) is 13.7. The van der Waals surface area contributed by atoms with Crippen molar-refractivity contribution >= 4 is 17.2 Å². The van der Waals surface area contributed by atoms with Crippen LogP contribution in [0.5, 0.6) is 5.75 Å². The van der Waals surface area contributed by atoms with Crippen LogP contribution in [0.2, 0.25) is 0 Å². The van der Waals surface area contributed by atoms with E-state index >= 15 is 0 Å². The molecule has 2 nitrogen and oxygen atoms in total. The van der Waals surface area contributed by atoms with Crippen molar-refractivity contribution in [2.75, 3.05) is 6.61 Å². The Kier molecular flexibility index (Phi) is 2.68. The molecule has 0 saturated heterocycles. The summed E-state index contributed by atoms with van der Waals surface area (Å²) >= 11 is 4.75. The number of fused-ring (bicyclic) bond motifs is 1. The van der Waals surface area contributed by atoms with Crippen LogP contribution in [0.3, 0.4) is 0 Å². The van der Waals surface area contributed by atoms with E-state index in [2.05, 4.69) is 12.1 Å². The maximum Gasteiger partial charge on any atom is 0.138 e. The van der Waals surface area contributed by atoms with Crippen molar-refractivity contribution in [3.8, 4) is 5.75 Å². The molecule has 74 valence electrons. The largest absolute Gasteiger partial charge is 0.486 e. The molecule has 3 heteroatoms. The minimum atomic E-state index is 0.328. The Bertz CT molecular complexity index is 362. The predicted octanol–water partition coefficient (Wildman–Crippen LogP) is 1.84. The molecular formula is C11H13NOS. The topological polar surface area (TPSA) is 35.2 Å². The van der Waals surface area contributed by atoms with Crippen molar-refractivity contribution in [3.05, 3.63) is 29.3 Å². The smallest absolute Gasteiger partial charge is 0.138 e. The Hall–Kier alpha value is -1.09. The summed E-state index contributed by atoms with van der Waals surface area (Å²) in [5.41, 5.74) is 8.22. The molecule has 1 aromatic carbocycles. The summed E-state index contributed by atoms with van der Waals surface area (Å²) < 4.78 is 5.43. The number of nitrogens with two attached hydrogens (primary N) is 1. The molecule has 0 saturated carbocycles. The van der Waals surface area contributed by atoms with E-state index in [0.717, 1.165) is 5.75 Å². The molecule has 0 bridgehead atoms. The van der Waals surface area contributed by atoms with Gasteiger partial charge in [0.05, 0.1) is 0 Å². The first-order valence-corrected chi connectivity index (χ1v) is 5.19. The molecule has 0 aliphatic heterocycles. The van der Waals surface area contributed by atoms with Gasteiger partial charge in [0.2, 0.25) is 0 Å². The number of hydrogen-bond donors (Lipinski definition) is 1. The zero-order chi connectivity index (χ0) is 9.97. The van der Waals surface area contributed by atoms with E-state index in [1.54, 1.807) is 0 Å². The first-order chi connectivity index (χ1) is 6.75. The Morgan fingerprint density at radius 1 is 1.36 bits per heavy atom. The highest BCUT2D eigenvalue weighted by Gasteiger charge is 2.10. The number of benzene rings is 1. The maximum atomic E-state index is 5.43. The van der Waals surface area contributed by atoms with Gasteiger partial charge in [-0.1, -0.05) is 18.3 Å². The predicted molar refractivity (Wildman–Crippen MR) is 60.7 cm³/mol. The van der Waals surface area contributed by atoms with E-state index in [0.29, 0.717) is 11.6 Å². The standard InChI is InChI=1S/C11H13NOS/c12-11(14)7-13-10-5-4-8-2-1-3-9(8)6-10/h4-6H,1-3,7H2,(H2,12,14). The number of thiocarbonyl (C=S) groups is 1. The van der Waals surface area contributed by atoms with E-state index in [4.69, 9.17) is 22.7 Å². The van der Waals surface area contributed by atoms with Crippen molar-refractivity contribution in [3.63, 3.8) is 0 Å². The lowest BCUT2D eigenvalue weighted by Crippen LogP contribution is -2.17. The molecular weight excluding hydrogens is 194 g/mol.